The van der Waals surface area contributed by atoms with E-state index in [1.807, 2.05) is 36.7 Å². The van der Waals surface area contributed by atoms with Crippen LogP contribution in [-0.2, 0) is 12.8 Å². The van der Waals surface area contributed by atoms with E-state index in [1.165, 1.54) is 0 Å². The lowest BCUT2D eigenvalue weighted by Crippen LogP contribution is -2.38. The van der Waals surface area contributed by atoms with Crippen LogP contribution in [0.1, 0.15) is 62.5 Å². The van der Waals surface area contributed by atoms with Gasteiger partial charge in [0.25, 0.3) is 5.91 Å². The first-order valence-electron chi connectivity index (χ1n) is 12.3. The Kier molecular flexibility index (Phi) is 9.70. The van der Waals surface area contributed by atoms with Crippen LogP contribution < -0.4 is 10.6 Å². The van der Waals surface area contributed by atoms with Gasteiger partial charge in [-0.05, 0) is 71.3 Å². The molecule has 0 unspecified atom stereocenters. The number of H-pyrrole nitrogens is 2. The number of nitrogens with zero attached hydrogens (tertiary/aromatic N) is 3. The smallest absolute Gasteiger partial charge is 0.251 e. The Morgan fingerprint density at radius 1 is 0.912 bits per heavy atom. The van der Waals surface area contributed by atoms with E-state index in [-0.39, 0.29) is 11.9 Å². The second kappa shape index (κ2) is 12.9. The van der Waals surface area contributed by atoms with Crippen molar-refractivity contribution >= 4 is 11.6 Å². The van der Waals surface area contributed by atoms with Gasteiger partial charge in [-0.1, -0.05) is 0 Å². The Labute approximate surface area is 203 Å². The Bertz CT molecular complexity index is 905. The number of amides is 1. The van der Waals surface area contributed by atoms with Crippen molar-refractivity contribution in [1.29, 1.82) is 0 Å². The fourth-order valence-corrected chi connectivity index (χ4v) is 4.25. The maximum atomic E-state index is 12.5. The third-order valence-electron chi connectivity index (χ3n) is 5.96. The van der Waals surface area contributed by atoms with Crippen LogP contribution in [0.4, 0.5) is 5.69 Å². The van der Waals surface area contributed by atoms with Gasteiger partial charge in [0.1, 0.15) is 11.6 Å². The van der Waals surface area contributed by atoms with Gasteiger partial charge in [-0.2, -0.15) is 0 Å². The van der Waals surface area contributed by atoms with Gasteiger partial charge < -0.3 is 20.6 Å². The van der Waals surface area contributed by atoms with Crippen molar-refractivity contribution in [2.24, 2.45) is 0 Å². The standard InChI is InChI=1S/C26H39N7O/c1-19(2)33(20(3)4)16-6-5-11-31-26(34)21-7-9-22(10-8-21)32-23(17-24-27-12-13-28-24)18-25-29-14-15-30-25/h7-10,12-15,19-20,23,32H,5-6,11,16-18H2,1-4H3,(H,27,28)(H,29,30)(H,31,34). The number of imidazole rings is 2. The molecule has 1 amide bonds. The van der Waals surface area contributed by atoms with E-state index in [1.54, 1.807) is 12.4 Å². The first-order valence-corrected chi connectivity index (χ1v) is 12.3. The van der Waals surface area contributed by atoms with E-state index in [0.29, 0.717) is 24.2 Å². The van der Waals surface area contributed by atoms with Gasteiger partial charge in [-0.15, -0.1) is 0 Å². The number of hydrogen-bond acceptors (Lipinski definition) is 5. The van der Waals surface area contributed by atoms with Crippen LogP contribution in [0.25, 0.3) is 0 Å². The van der Waals surface area contributed by atoms with Gasteiger partial charge in [0.15, 0.2) is 0 Å². The fourth-order valence-electron chi connectivity index (χ4n) is 4.25. The number of carbonyl (C=O) groups excluding carboxylic acids is 1. The monoisotopic (exact) mass is 465 g/mol. The predicted octanol–water partition coefficient (Wildman–Crippen LogP) is 4.03. The first-order chi connectivity index (χ1) is 16.4. The number of aromatic nitrogens is 4. The van der Waals surface area contributed by atoms with Crippen LogP contribution in [0.2, 0.25) is 0 Å². The summed E-state index contributed by atoms with van der Waals surface area (Å²) >= 11 is 0. The Balaban J connectivity index is 1.47. The second-order valence-electron chi connectivity index (χ2n) is 9.29. The number of aromatic amines is 2. The zero-order chi connectivity index (χ0) is 24.3. The number of carbonyl (C=O) groups is 1. The molecule has 1 aromatic carbocycles. The summed E-state index contributed by atoms with van der Waals surface area (Å²) in [6.07, 6.45) is 10.7. The molecule has 2 aromatic heterocycles. The molecule has 0 saturated heterocycles. The average Bonchev–Trinajstić information content (AvgIpc) is 3.50. The molecule has 0 fully saturated rings. The zero-order valence-electron chi connectivity index (χ0n) is 20.8. The molecule has 0 aliphatic carbocycles. The highest BCUT2D eigenvalue weighted by molar-refractivity contribution is 5.94. The molecule has 0 bridgehead atoms. The maximum absolute atomic E-state index is 12.5. The molecule has 3 rings (SSSR count). The number of nitrogens with one attached hydrogen (secondary N) is 4. The highest BCUT2D eigenvalue weighted by atomic mass is 16.1. The van der Waals surface area contributed by atoms with E-state index in [0.717, 1.165) is 49.6 Å². The highest BCUT2D eigenvalue weighted by Gasteiger charge is 2.15. The molecule has 0 radical (unpaired) electrons. The molecule has 0 saturated carbocycles. The van der Waals surface area contributed by atoms with Gasteiger partial charge in [0, 0.05) is 73.6 Å². The summed E-state index contributed by atoms with van der Waals surface area (Å²) in [5.74, 6) is 1.81. The molecule has 0 atom stereocenters. The minimum absolute atomic E-state index is 0.0288. The van der Waals surface area contributed by atoms with Crippen molar-refractivity contribution in [3.8, 4) is 0 Å². The largest absolute Gasteiger partial charge is 0.381 e. The van der Waals surface area contributed by atoms with Gasteiger partial charge in [-0.25, -0.2) is 9.97 Å². The lowest BCUT2D eigenvalue weighted by Gasteiger charge is -2.30. The van der Waals surface area contributed by atoms with Crippen molar-refractivity contribution < 1.29 is 4.79 Å². The normalized spacial score (nSPS) is 11.6. The molecule has 2 heterocycles. The topological polar surface area (TPSA) is 102 Å². The molecule has 4 N–H and O–H groups in total. The third kappa shape index (κ3) is 8.02. The summed E-state index contributed by atoms with van der Waals surface area (Å²) in [5, 5.41) is 6.60. The molecule has 3 aromatic rings. The van der Waals surface area contributed by atoms with Crippen LogP contribution >= 0.6 is 0 Å². The van der Waals surface area contributed by atoms with Crippen LogP contribution in [0.15, 0.2) is 49.1 Å². The van der Waals surface area contributed by atoms with Crippen LogP contribution in [-0.4, -0.2) is 62.0 Å². The summed E-state index contributed by atoms with van der Waals surface area (Å²) in [7, 11) is 0. The summed E-state index contributed by atoms with van der Waals surface area (Å²) in [6, 6.07) is 8.83. The summed E-state index contributed by atoms with van der Waals surface area (Å²) in [4.78, 5) is 30.1. The van der Waals surface area contributed by atoms with E-state index < -0.39 is 0 Å². The molecule has 0 aliphatic rings. The average molecular weight is 466 g/mol. The Morgan fingerprint density at radius 2 is 1.50 bits per heavy atom. The molecule has 8 heteroatoms. The van der Waals surface area contributed by atoms with E-state index in [9.17, 15) is 4.79 Å². The van der Waals surface area contributed by atoms with Gasteiger partial charge >= 0.3 is 0 Å². The third-order valence-corrected chi connectivity index (χ3v) is 5.96. The fraction of sp³-hybridized carbons (Fsp3) is 0.500. The van der Waals surface area contributed by atoms with E-state index >= 15 is 0 Å². The molecule has 0 aliphatic heterocycles. The summed E-state index contributed by atoms with van der Waals surface area (Å²) in [6.45, 7) is 10.7. The minimum atomic E-state index is -0.0288. The molecular weight excluding hydrogens is 426 g/mol. The Morgan fingerprint density at radius 3 is 2.00 bits per heavy atom. The van der Waals surface area contributed by atoms with Crippen molar-refractivity contribution in [2.75, 3.05) is 18.4 Å². The van der Waals surface area contributed by atoms with Crippen LogP contribution in [0.5, 0.6) is 0 Å². The summed E-state index contributed by atoms with van der Waals surface area (Å²) in [5.41, 5.74) is 1.63. The lowest BCUT2D eigenvalue weighted by molar-refractivity contribution is 0.0951. The van der Waals surface area contributed by atoms with Crippen molar-refractivity contribution in [3.05, 3.63) is 66.3 Å². The van der Waals surface area contributed by atoms with Crippen LogP contribution in [0.3, 0.4) is 0 Å². The number of rotatable bonds is 14. The SMILES string of the molecule is CC(C)N(CCCCNC(=O)c1ccc(NC(Cc2ncc[nH]2)Cc2ncc[nH]2)cc1)C(C)C. The second-order valence-corrected chi connectivity index (χ2v) is 9.29. The zero-order valence-corrected chi connectivity index (χ0v) is 20.8. The van der Waals surface area contributed by atoms with E-state index in [2.05, 4.69) is 63.2 Å². The van der Waals surface area contributed by atoms with Gasteiger partial charge in [0.05, 0.1) is 0 Å². The maximum Gasteiger partial charge on any atom is 0.251 e. The van der Waals surface area contributed by atoms with E-state index in [4.69, 9.17) is 0 Å². The van der Waals surface area contributed by atoms with Crippen molar-refractivity contribution in [3.63, 3.8) is 0 Å². The molecule has 184 valence electrons. The number of anilines is 1. The molecule has 34 heavy (non-hydrogen) atoms. The lowest BCUT2D eigenvalue weighted by atomic mass is 10.1. The van der Waals surface area contributed by atoms with Gasteiger partial charge in [0.2, 0.25) is 0 Å². The van der Waals surface area contributed by atoms with Crippen LogP contribution in [0, 0.1) is 0 Å². The number of hydrogen-bond donors (Lipinski definition) is 4. The quantitative estimate of drug-likeness (QED) is 0.269. The first kappa shape index (κ1) is 25.5. The van der Waals surface area contributed by atoms with Crippen molar-refractivity contribution in [2.45, 2.75) is 71.5 Å². The minimum Gasteiger partial charge on any atom is -0.381 e. The number of unbranched alkanes of at least 4 members (excludes halogenated alkanes) is 1. The predicted molar refractivity (Wildman–Crippen MR) is 137 cm³/mol. The molecular formula is C26H39N7O. The summed E-state index contributed by atoms with van der Waals surface area (Å²) < 4.78 is 0. The Hall–Kier alpha value is -3.13. The van der Waals surface area contributed by atoms with Gasteiger partial charge in [-0.3, -0.25) is 9.69 Å². The van der Waals surface area contributed by atoms with Crippen molar-refractivity contribution in [1.82, 2.24) is 30.2 Å². The molecule has 8 nitrogen and oxygen atoms in total. The highest BCUT2D eigenvalue weighted by Crippen LogP contribution is 2.14. The number of benzene rings is 1. The molecule has 0 spiro atoms.